The molecule has 8 nitrogen and oxygen atoms in total. The summed E-state index contributed by atoms with van der Waals surface area (Å²) in [7, 11) is 3.25. The molecule has 0 aliphatic carbocycles. The number of nitrogens with one attached hydrogen (secondary N) is 1. The Labute approximate surface area is 199 Å². The molecule has 4 rings (SSSR count). The SMILES string of the molecule is COc1ccc(CN2CCN(C(=O)c3ccc(C)c(NC(=O)c4ccco4)c3)CC2)cc1OC. The maximum Gasteiger partial charge on any atom is 0.291 e. The van der Waals surface area contributed by atoms with Gasteiger partial charge in [0.2, 0.25) is 0 Å². The number of benzene rings is 2. The number of piperazine rings is 1. The lowest BCUT2D eigenvalue weighted by Crippen LogP contribution is -2.48. The number of hydrogen-bond acceptors (Lipinski definition) is 6. The number of nitrogens with zero attached hydrogens (tertiary/aromatic N) is 2. The molecule has 1 aliphatic heterocycles. The normalized spacial score (nSPS) is 14.0. The molecule has 2 aromatic carbocycles. The first-order valence-corrected chi connectivity index (χ1v) is 11.2. The van der Waals surface area contributed by atoms with E-state index in [0.717, 1.165) is 30.8 Å². The Balaban J connectivity index is 1.36. The summed E-state index contributed by atoms with van der Waals surface area (Å²) in [6, 6.07) is 14.6. The van der Waals surface area contributed by atoms with Gasteiger partial charge in [0.25, 0.3) is 11.8 Å². The first-order valence-electron chi connectivity index (χ1n) is 11.2. The van der Waals surface area contributed by atoms with Crippen molar-refractivity contribution in [2.24, 2.45) is 0 Å². The van der Waals surface area contributed by atoms with E-state index in [-0.39, 0.29) is 17.6 Å². The third-order valence-corrected chi connectivity index (χ3v) is 5.99. The van der Waals surface area contributed by atoms with Gasteiger partial charge in [0.15, 0.2) is 17.3 Å². The Morgan fingerprint density at radius 2 is 1.74 bits per heavy atom. The highest BCUT2D eigenvalue weighted by atomic mass is 16.5. The van der Waals surface area contributed by atoms with Crippen LogP contribution in [0.1, 0.15) is 32.0 Å². The predicted octanol–water partition coefficient (Wildman–Crippen LogP) is 3.82. The van der Waals surface area contributed by atoms with E-state index in [9.17, 15) is 9.59 Å². The standard InChI is InChI=1S/C26H29N3O5/c1-18-6-8-20(16-21(18)27-25(30)23-5-4-14-34-23)26(31)29-12-10-28(11-13-29)17-19-7-9-22(32-2)24(15-19)33-3/h4-9,14-16H,10-13,17H2,1-3H3,(H,27,30). The summed E-state index contributed by atoms with van der Waals surface area (Å²) < 4.78 is 15.9. The van der Waals surface area contributed by atoms with Gasteiger partial charge in [-0.1, -0.05) is 12.1 Å². The monoisotopic (exact) mass is 463 g/mol. The number of rotatable bonds is 7. The Kier molecular flexibility index (Phi) is 7.18. The van der Waals surface area contributed by atoms with Crippen LogP contribution in [-0.4, -0.2) is 62.0 Å². The molecule has 0 spiro atoms. The van der Waals surface area contributed by atoms with Crippen molar-refractivity contribution in [2.75, 3.05) is 45.7 Å². The smallest absolute Gasteiger partial charge is 0.291 e. The first kappa shape index (κ1) is 23.4. The molecule has 2 heterocycles. The molecule has 0 radical (unpaired) electrons. The molecule has 3 aromatic rings. The zero-order chi connectivity index (χ0) is 24.1. The average molecular weight is 464 g/mol. The van der Waals surface area contributed by atoms with Crippen molar-refractivity contribution < 1.29 is 23.5 Å². The molecule has 0 unspecified atom stereocenters. The second-order valence-electron chi connectivity index (χ2n) is 8.22. The fraction of sp³-hybridized carbons (Fsp3) is 0.308. The molecule has 0 bridgehead atoms. The lowest BCUT2D eigenvalue weighted by atomic mass is 10.1. The van der Waals surface area contributed by atoms with Crippen molar-refractivity contribution in [1.29, 1.82) is 0 Å². The number of furan rings is 1. The molecule has 1 N–H and O–H groups in total. The van der Waals surface area contributed by atoms with Crippen molar-refractivity contribution in [1.82, 2.24) is 9.80 Å². The van der Waals surface area contributed by atoms with Crippen molar-refractivity contribution >= 4 is 17.5 Å². The van der Waals surface area contributed by atoms with Crippen molar-refractivity contribution in [3.63, 3.8) is 0 Å². The number of methoxy groups -OCH3 is 2. The van der Waals surface area contributed by atoms with Crippen LogP contribution in [0.3, 0.4) is 0 Å². The van der Waals surface area contributed by atoms with Gasteiger partial charge in [0, 0.05) is 44.0 Å². The van der Waals surface area contributed by atoms with Gasteiger partial charge in [-0.05, 0) is 54.4 Å². The summed E-state index contributed by atoms with van der Waals surface area (Å²) in [4.78, 5) is 29.7. The molecule has 34 heavy (non-hydrogen) atoms. The fourth-order valence-electron chi connectivity index (χ4n) is 4.01. The molecular formula is C26H29N3O5. The molecule has 0 saturated carbocycles. The fourth-order valence-corrected chi connectivity index (χ4v) is 4.01. The van der Waals surface area contributed by atoms with Crippen LogP contribution in [0, 0.1) is 6.92 Å². The minimum Gasteiger partial charge on any atom is -0.493 e. The molecule has 1 fully saturated rings. The zero-order valence-electron chi connectivity index (χ0n) is 19.7. The predicted molar refractivity (Wildman–Crippen MR) is 129 cm³/mol. The summed E-state index contributed by atoms with van der Waals surface area (Å²) in [6.07, 6.45) is 1.45. The largest absolute Gasteiger partial charge is 0.493 e. The van der Waals surface area contributed by atoms with Crippen LogP contribution in [0.5, 0.6) is 11.5 Å². The van der Waals surface area contributed by atoms with E-state index in [0.29, 0.717) is 35.8 Å². The minimum absolute atomic E-state index is 0.0423. The summed E-state index contributed by atoms with van der Waals surface area (Å²) in [5, 5.41) is 2.83. The number of carbonyl (C=O) groups excluding carboxylic acids is 2. The average Bonchev–Trinajstić information content (AvgIpc) is 3.41. The highest BCUT2D eigenvalue weighted by Crippen LogP contribution is 2.28. The van der Waals surface area contributed by atoms with E-state index < -0.39 is 0 Å². The van der Waals surface area contributed by atoms with Crippen LogP contribution in [0.25, 0.3) is 0 Å². The number of amides is 2. The number of ether oxygens (including phenoxy) is 2. The van der Waals surface area contributed by atoms with E-state index in [1.54, 1.807) is 38.5 Å². The second-order valence-corrected chi connectivity index (χ2v) is 8.22. The number of aryl methyl sites for hydroxylation is 1. The highest BCUT2D eigenvalue weighted by molar-refractivity contribution is 6.04. The summed E-state index contributed by atoms with van der Waals surface area (Å²) in [5.74, 6) is 1.25. The molecule has 2 amide bonds. The minimum atomic E-state index is -0.346. The summed E-state index contributed by atoms with van der Waals surface area (Å²) >= 11 is 0. The van der Waals surface area contributed by atoms with E-state index in [2.05, 4.69) is 10.2 Å². The van der Waals surface area contributed by atoms with Crippen LogP contribution >= 0.6 is 0 Å². The maximum atomic E-state index is 13.1. The molecule has 0 atom stereocenters. The third-order valence-electron chi connectivity index (χ3n) is 5.99. The van der Waals surface area contributed by atoms with Gasteiger partial charge in [-0.3, -0.25) is 14.5 Å². The van der Waals surface area contributed by atoms with Crippen molar-refractivity contribution in [2.45, 2.75) is 13.5 Å². The van der Waals surface area contributed by atoms with Crippen molar-refractivity contribution in [3.8, 4) is 11.5 Å². The van der Waals surface area contributed by atoms with Crippen LogP contribution in [0.4, 0.5) is 5.69 Å². The third kappa shape index (κ3) is 5.23. The first-order chi connectivity index (χ1) is 16.5. The van der Waals surface area contributed by atoms with Gasteiger partial charge < -0.3 is 24.1 Å². The van der Waals surface area contributed by atoms with E-state index >= 15 is 0 Å². The molecule has 1 saturated heterocycles. The number of anilines is 1. The van der Waals surface area contributed by atoms with Gasteiger partial charge in [-0.2, -0.15) is 0 Å². The van der Waals surface area contributed by atoms with Gasteiger partial charge in [0.1, 0.15) is 0 Å². The van der Waals surface area contributed by atoms with E-state index in [1.165, 1.54) is 6.26 Å². The van der Waals surface area contributed by atoms with Crippen LogP contribution in [0.2, 0.25) is 0 Å². The van der Waals surface area contributed by atoms with Crippen LogP contribution < -0.4 is 14.8 Å². The van der Waals surface area contributed by atoms with E-state index in [4.69, 9.17) is 13.9 Å². The van der Waals surface area contributed by atoms with Crippen molar-refractivity contribution in [3.05, 3.63) is 77.2 Å². The lowest BCUT2D eigenvalue weighted by molar-refractivity contribution is 0.0628. The topological polar surface area (TPSA) is 84.3 Å². The molecule has 8 heteroatoms. The van der Waals surface area contributed by atoms with Gasteiger partial charge in [0.05, 0.1) is 20.5 Å². The Hall–Kier alpha value is -3.78. The summed E-state index contributed by atoms with van der Waals surface area (Å²) in [5.41, 5.74) is 3.15. The van der Waals surface area contributed by atoms with Gasteiger partial charge in [-0.15, -0.1) is 0 Å². The maximum absolute atomic E-state index is 13.1. The van der Waals surface area contributed by atoms with E-state index in [1.807, 2.05) is 36.1 Å². The van der Waals surface area contributed by atoms with Crippen LogP contribution in [0.15, 0.2) is 59.2 Å². The molecular weight excluding hydrogens is 434 g/mol. The number of hydrogen-bond donors (Lipinski definition) is 1. The lowest BCUT2D eigenvalue weighted by Gasteiger charge is -2.35. The Morgan fingerprint density at radius 1 is 0.971 bits per heavy atom. The second kappa shape index (κ2) is 10.4. The summed E-state index contributed by atoms with van der Waals surface area (Å²) in [6.45, 7) is 5.47. The molecule has 1 aromatic heterocycles. The van der Waals surface area contributed by atoms with Gasteiger partial charge in [-0.25, -0.2) is 0 Å². The number of carbonyl (C=O) groups is 2. The molecule has 1 aliphatic rings. The zero-order valence-corrected chi connectivity index (χ0v) is 19.7. The van der Waals surface area contributed by atoms with Crippen LogP contribution in [-0.2, 0) is 6.54 Å². The quantitative estimate of drug-likeness (QED) is 0.574. The Bertz CT molecular complexity index is 1150. The Morgan fingerprint density at radius 3 is 2.41 bits per heavy atom. The molecule has 178 valence electrons. The highest BCUT2D eigenvalue weighted by Gasteiger charge is 2.23. The van der Waals surface area contributed by atoms with Gasteiger partial charge >= 0.3 is 0 Å².